The van der Waals surface area contributed by atoms with Crippen LogP contribution in [0.2, 0.25) is 0 Å². The first-order valence-electron chi connectivity index (χ1n) is 4.77. The summed E-state index contributed by atoms with van der Waals surface area (Å²) in [6.45, 7) is 6.12. The van der Waals surface area contributed by atoms with E-state index in [9.17, 15) is 0 Å². The van der Waals surface area contributed by atoms with Crippen LogP contribution in [0.25, 0.3) is 5.65 Å². The third-order valence-electron chi connectivity index (χ3n) is 2.22. The minimum Gasteiger partial charge on any atom is -0.235 e. The molecule has 2 rings (SSSR count). The molecule has 0 spiro atoms. The molecule has 0 fully saturated rings. The van der Waals surface area contributed by atoms with Crippen LogP contribution in [0, 0.1) is 11.3 Å². The van der Waals surface area contributed by atoms with E-state index >= 15 is 0 Å². The molecule has 0 bridgehead atoms. The predicted molar refractivity (Wildman–Crippen MR) is 56.4 cm³/mol. The van der Waals surface area contributed by atoms with Gasteiger partial charge in [-0.15, -0.1) is 0 Å². The van der Waals surface area contributed by atoms with Gasteiger partial charge in [-0.3, -0.25) is 0 Å². The molecule has 0 N–H and O–H groups in total. The number of hydrogen-bond donors (Lipinski definition) is 0. The van der Waals surface area contributed by atoms with E-state index in [2.05, 4.69) is 16.2 Å². The maximum Gasteiger partial charge on any atom is 0.154 e. The first-order valence-corrected chi connectivity index (χ1v) is 4.77. The Hall–Kier alpha value is -1.89. The van der Waals surface area contributed by atoms with Gasteiger partial charge in [0.25, 0.3) is 0 Å². The molecule has 0 saturated heterocycles. The quantitative estimate of drug-likeness (QED) is 0.652. The number of nitrogens with zero attached hydrogens (tertiary/aromatic N) is 4. The topological polar surface area (TPSA) is 54.0 Å². The third-order valence-corrected chi connectivity index (χ3v) is 2.22. The average Bonchev–Trinajstić information content (AvgIpc) is 2.60. The summed E-state index contributed by atoms with van der Waals surface area (Å²) in [6, 6.07) is 3.94. The van der Waals surface area contributed by atoms with Gasteiger partial charge in [-0.2, -0.15) is 10.4 Å². The summed E-state index contributed by atoms with van der Waals surface area (Å²) in [5.41, 5.74) is 1.97. The SMILES string of the molecule is CC(C)(C)c1nn2ccnc2cc1C#N. The Bertz CT molecular complexity index is 540. The van der Waals surface area contributed by atoms with Crippen molar-refractivity contribution >= 4 is 5.65 Å². The highest BCUT2D eigenvalue weighted by Crippen LogP contribution is 2.23. The lowest BCUT2D eigenvalue weighted by Crippen LogP contribution is -2.17. The smallest absolute Gasteiger partial charge is 0.154 e. The highest BCUT2D eigenvalue weighted by Gasteiger charge is 2.21. The van der Waals surface area contributed by atoms with Gasteiger partial charge in [-0.25, -0.2) is 9.50 Å². The maximum absolute atomic E-state index is 9.05. The zero-order valence-corrected chi connectivity index (χ0v) is 9.02. The molecule has 15 heavy (non-hydrogen) atoms. The van der Waals surface area contributed by atoms with Crippen molar-refractivity contribution in [2.45, 2.75) is 26.2 Å². The Morgan fingerprint density at radius 1 is 1.40 bits per heavy atom. The molecule has 4 heteroatoms. The van der Waals surface area contributed by atoms with Crippen LogP contribution in [0.15, 0.2) is 18.5 Å². The second-order valence-electron chi connectivity index (χ2n) is 4.50. The van der Waals surface area contributed by atoms with Crippen LogP contribution in [0.1, 0.15) is 32.0 Å². The van der Waals surface area contributed by atoms with Gasteiger partial charge in [0.2, 0.25) is 0 Å². The highest BCUT2D eigenvalue weighted by molar-refractivity contribution is 5.48. The Balaban J connectivity index is 2.77. The number of nitriles is 1. The van der Waals surface area contributed by atoms with E-state index in [1.165, 1.54) is 0 Å². The Labute approximate surface area is 88.2 Å². The zero-order valence-electron chi connectivity index (χ0n) is 9.02. The molecule has 0 unspecified atom stereocenters. The molecule has 76 valence electrons. The lowest BCUT2D eigenvalue weighted by atomic mass is 9.89. The molecule has 0 amide bonds. The van der Waals surface area contributed by atoms with E-state index in [0.717, 1.165) is 5.69 Å². The zero-order chi connectivity index (χ0) is 11.1. The minimum absolute atomic E-state index is 0.135. The molecule has 2 heterocycles. The van der Waals surface area contributed by atoms with E-state index in [1.54, 1.807) is 23.0 Å². The fourth-order valence-electron chi connectivity index (χ4n) is 1.49. The summed E-state index contributed by atoms with van der Waals surface area (Å²) in [5, 5.41) is 13.5. The normalized spacial score (nSPS) is 11.6. The first kappa shape index (κ1) is 9.66. The Kier molecular flexibility index (Phi) is 1.97. The maximum atomic E-state index is 9.05. The molecular weight excluding hydrogens is 188 g/mol. The summed E-state index contributed by atoms with van der Waals surface area (Å²) < 4.78 is 1.70. The van der Waals surface area contributed by atoms with Gasteiger partial charge in [-0.05, 0) is 0 Å². The number of hydrogen-bond acceptors (Lipinski definition) is 3. The second-order valence-corrected chi connectivity index (χ2v) is 4.50. The van der Waals surface area contributed by atoms with E-state index in [0.29, 0.717) is 11.2 Å². The Morgan fingerprint density at radius 3 is 2.73 bits per heavy atom. The summed E-state index contributed by atoms with van der Waals surface area (Å²) in [6.07, 6.45) is 3.46. The lowest BCUT2D eigenvalue weighted by Gasteiger charge is -2.18. The van der Waals surface area contributed by atoms with Crippen LogP contribution in [0.3, 0.4) is 0 Å². The van der Waals surface area contributed by atoms with Gasteiger partial charge in [0.05, 0.1) is 11.3 Å². The van der Waals surface area contributed by atoms with E-state index in [1.807, 2.05) is 20.8 Å². The van der Waals surface area contributed by atoms with Gasteiger partial charge in [0.15, 0.2) is 5.65 Å². The molecule has 2 aromatic heterocycles. The molecule has 2 aromatic rings. The van der Waals surface area contributed by atoms with E-state index in [4.69, 9.17) is 5.26 Å². The van der Waals surface area contributed by atoms with Crippen LogP contribution in [0.4, 0.5) is 0 Å². The fraction of sp³-hybridized carbons (Fsp3) is 0.364. The van der Waals surface area contributed by atoms with Gasteiger partial charge in [0, 0.05) is 23.9 Å². The van der Waals surface area contributed by atoms with Crippen LogP contribution < -0.4 is 0 Å². The van der Waals surface area contributed by atoms with Gasteiger partial charge in [0.1, 0.15) is 6.07 Å². The highest BCUT2D eigenvalue weighted by atomic mass is 15.2. The molecule has 0 radical (unpaired) electrons. The number of rotatable bonds is 0. The third kappa shape index (κ3) is 1.57. The molecule has 0 aromatic carbocycles. The lowest BCUT2D eigenvalue weighted by molar-refractivity contribution is 0.552. The van der Waals surface area contributed by atoms with Crippen molar-refractivity contribution < 1.29 is 0 Å². The van der Waals surface area contributed by atoms with Crippen LogP contribution in [-0.4, -0.2) is 14.6 Å². The fourth-order valence-corrected chi connectivity index (χ4v) is 1.49. The van der Waals surface area contributed by atoms with Gasteiger partial charge < -0.3 is 0 Å². The number of fused-ring (bicyclic) bond motifs is 1. The summed E-state index contributed by atoms with van der Waals surface area (Å²) >= 11 is 0. The molecule has 0 aliphatic carbocycles. The Morgan fingerprint density at radius 2 is 2.13 bits per heavy atom. The number of imidazole rings is 1. The predicted octanol–water partition coefficient (Wildman–Crippen LogP) is 1.90. The molecule has 0 saturated carbocycles. The van der Waals surface area contributed by atoms with Crippen molar-refractivity contribution in [1.29, 1.82) is 5.26 Å². The largest absolute Gasteiger partial charge is 0.235 e. The van der Waals surface area contributed by atoms with Crippen molar-refractivity contribution in [3.05, 3.63) is 29.7 Å². The van der Waals surface area contributed by atoms with Crippen LogP contribution in [-0.2, 0) is 5.41 Å². The molecule has 0 atom stereocenters. The van der Waals surface area contributed by atoms with Crippen LogP contribution >= 0.6 is 0 Å². The first-order chi connectivity index (χ1) is 7.02. The standard InChI is InChI=1S/C11H12N4/c1-11(2,3)10-8(7-12)6-9-13-4-5-15(9)14-10/h4-6H,1-3H3. The average molecular weight is 200 g/mol. The van der Waals surface area contributed by atoms with Crippen molar-refractivity contribution in [2.75, 3.05) is 0 Å². The summed E-state index contributed by atoms with van der Waals surface area (Å²) in [4.78, 5) is 4.10. The van der Waals surface area contributed by atoms with Gasteiger partial charge in [-0.1, -0.05) is 20.8 Å². The van der Waals surface area contributed by atoms with E-state index in [-0.39, 0.29) is 5.41 Å². The molecule has 0 aliphatic heterocycles. The van der Waals surface area contributed by atoms with Crippen LogP contribution in [0.5, 0.6) is 0 Å². The summed E-state index contributed by atoms with van der Waals surface area (Å²) in [7, 11) is 0. The van der Waals surface area contributed by atoms with Crippen molar-refractivity contribution in [1.82, 2.24) is 14.6 Å². The van der Waals surface area contributed by atoms with Crippen molar-refractivity contribution in [3.63, 3.8) is 0 Å². The van der Waals surface area contributed by atoms with Crippen molar-refractivity contribution in [3.8, 4) is 6.07 Å². The van der Waals surface area contributed by atoms with Crippen molar-refractivity contribution in [2.24, 2.45) is 0 Å². The monoisotopic (exact) mass is 200 g/mol. The van der Waals surface area contributed by atoms with Gasteiger partial charge >= 0.3 is 0 Å². The minimum atomic E-state index is -0.135. The molecule has 4 nitrogen and oxygen atoms in total. The second kappa shape index (κ2) is 3.06. The van der Waals surface area contributed by atoms with E-state index < -0.39 is 0 Å². The molecule has 0 aliphatic rings. The summed E-state index contributed by atoms with van der Waals surface area (Å²) in [5.74, 6) is 0. The molecular formula is C11H12N4. The number of aromatic nitrogens is 3.